The Morgan fingerprint density at radius 2 is 2.06 bits per heavy atom. The maximum absolute atomic E-state index is 12.7. The van der Waals surface area contributed by atoms with Gasteiger partial charge in [-0.15, -0.1) is 0 Å². The van der Waals surface area contributed by atoms with Crippen molar-refractivity contribution in [2.45, 2.75) is 30.6 Å². The molecule has 0 aromatic heterocycles. The lowest BCUT2D eigenvalue weighted by Crippen LogP contribution is -2.55. The number of nitrogens with zero attached hydrogens (tertiary/aromatic N) is 2. The molecular formula is C23H22ClN3O4S. The number of thiol groups is 1. The highest BCUT2D eigenvalue weighted by Crippen LogP contribution is 2.48. The molecule has 32 heavy (non-hydrogen) atoms. The third-order valence-electron chi connectivity index (χ3n) is 5.70. The van der Waals surface area contributed by atoms with Gasteiger partial charge in [-0.2, -0.15) is 17.9 Å². The third-order valence-corrected chi connectivity index (χ3v) is 6.78. The van der Waals surface area contributed by atoms with Gasteiger partial charge in [-0.1, -0.05) is 35.9 Å². The predicted molar refractivity (Wildman–Crippen MR) is 124 cm³/mol. The molecule has 0 radical (unpaired) electrons. The minimum absolute atomic E-state index is 0.122. The van der Waals surface area contributed by atoms with Crippen LogP contribution >= 0.6 is 24.2 Å². The van der Waals surface area contributed by atoms with Gasteiger partial charge in [0.05, 0.1) is 39.9 Å². The average molecular weight is 472 g/mol. The van der Waals surface area contributed by atoms with E-state index in [0.29, 0.717) is 10.6 Å². The molecule has 0 saturated heterocycles. The Labute approximate surface area is 196 Å². The first-order valence-corrected chi connectivity index (χ1v) is 10.8. The van der Waals surface area contributed by atoms with Gasteiger partial charge < -0.3 is 10.1 Å². The summed E-state index contributed by atoms with van der Waals surface area (Å²) >= 11 is 10.8. The second-order valence-electron chi connectivity index (χ2n) is 7.64. The van der Waals surface area contributed by atoms with Crippen LogP contribution in [0.15, 0.2) is 60.3 Å². The first kappa shape index (κ1) is 23.6. The zero-order chi connectivity index (χ0) is 23.5. The Kier molecular flexibility index (Phi) is 7.12. The van der Waals surface area contributed by atoms with Gasteiger partial charge in [0.15, 0.2) is 0 Å². The van der Waals surface area contributed by atoms with Crippen LogP contribution in [0.4, 0.5) is 5.69 Å². The number of nitro benzene ring substituents is 1. The molecule has 3 rings (SSSR count). The lowest BCUT2D eigenvalue weighted by atomic mass is 9.67. The van der Waals surface area contributed by atoms with Crippen LogP contribution in [0.3, 0.4) is 0 Å². The van der Waals surface area contributed by atoms with Crippen LogP contribution in [0.25, 0.3) is 0 Å². The van der Waals surface area contributed by atoms with Crippen molar-refractivity contribution in [3.05, 3.63) is 86.6 Å². The van der Waals surface area contributed by atoms with Crippen molar-refractivity contribution in [2.75, 3.05) is 6.61 Å². The Balaban J connectivity index is 2.15. The molecule has 4 atom stereocenters. The standard InChI is InChI=1S/C23H22ClN3O4S/c1-3-31-22(28)18-13-26-23(2,21(32)14-7-9-16(24)10-8-14)19(12-25)20(18)15-5-4-6-17(11-15)27(29)30/h4-11,13,19-21,26,32H,3H2,1-2H3. The molecular weight excluding hydrogens is 450 g/mol. The van der Waals surface area contributed by atoms with Crippen LogP contribution in [0, 0.1) is 27.4 Å². The Morgan fingerprint density at radius 1 is 1.38 bits per heavy atom. The van der Waals surface area contributed by atoms with Crippen molar-refractivity contribution < 1.29 is 14.5 Å². The maximum Gasteiger partial charge on any atom is 0.336 e. The number of hydrogen-bond acceptors (Lipinski definition) is 7. The number of hydrogen-bond donors (Lipinski definition) is 2. The van der Waals surface area contributed by atoms with Gasteiger partial charge >= 0.3 is 5.97 Å². The van der Waals surface area contributed by atoms with Crippen molar-refractivity contribution >= 4 is 35.9 Å². The molecule has 2 aromatic rings. The van der Waals surface area contributed by atoms with Gasteiger partial charge in [0.2, 0.25) is 0 Å². The van der Waals surface area contributed by atoms with E-state index in [1.54, 1.807) is 31.2 Å². The Hall–Kier alpha value is -3.02. The van der Waals surface area contributed by atoms with E-state index in [1.807, 2.05) is 19.1 Å². The zero-order valence-corrected chi connectivity index (χ0v) is 19.1. The lowest BCUT2D eigenvalue weighted by Gasteiger charge is -2.46. The van der Waals surface area contributed by atoms with E-state index in [2.05, 4.69) is 11.4 Å². The van der Waals surface area contributed by atoms with Crippen LogP contribution in [0.2, 0.25) is 5.02 Å². The Morgan fingerprint density at radius 3 is 2.66 bits per heavy atom. The SMILES string of the molecule is CCOC(=O)C1=CNC(C)(C(S)c2ccc(Cl)cc2)C(C#N)C1c1cccc([N+](=O)[O-])c1. The number of nitrogens with one attached hydrogen (secondary N) is 1. The van der Waals surface area contributed by atoms with E-state index in [9.17, 15) is 20.2 Å². The Bertz CT molecular complexity index is 1100. The summed E-state index contributed by atoms with van der Waals surface area (Å²) in [4.78, 5) is 23.6. The normalized spacial score (nSPS) is 23.3. The fraction of sp³-hybridized carbons (Fsp3) is 0.304. The average Bonchev–Trinajstić information content (AvgIpc) is 2.79. The number of non-ortho nitro benzene ring substituents is 1. The van der Waals surface area contributed by atoms with Crippen molar-refractivity contribution in [3.8, 4) is 6.07 Å². The van der Waals surface area contributed by atoms with Crippen molar-refractivity contribution in [1.82, 2.24) is 5.32 Å². The lowest BCUT2D eigenvalue weighted by molar-refractivity contribution is -0.384. The van der Waals surface area contributed by atoms with E-state index >= 15 is 0 Å². The van der Waals surface area contributed by atoms with E-state index < -0.39 is 33.5 Å². The van der Waals surface area contributed by atoms with Crippen molar-refractivity contribution in [1.29, 1.82) is 5.26 Å². The van der Waals surface area contributed by atoms with E-state index in [1.165, 1.54) is 18.3 Å². The summed E-state index contributed by atoms with van der Waals surface area (Å²) < 4.78 is 5.21. The molecule has 1 aliphatic heterocycles. The summed E-state index contributed by atoms with van der Waals surface area (Å²) in [5.74, 6) is -2.14. The fourth-order valence-electron chi connectivity index (χ4n) is 3.99. The third kappa shape index (κ3) is 4.45. The van der Waals surface area contributed by atoms with Crippen LogP contribution < -0.4 is 5.32 Å². The van der Waals surface area contributed by atoms with Gasteiger partial charge in [0.25, 0.3) is 5.69 Å². The molecule has 0 saturated carbocycles. The van der Waals surface area contributed by atoms with Crippen LogP contribution in [0.5, 0.6) is 0 Å². The molecule has 1 aliphatic rings. The molecule has 0 bridgehead atoms. The summed E-state index contributed by atoms with van der Waals surface area (Å²) in [7, 11) is 0. The fourth-order valence-corrected chi connectivity index (χ4v) is 4.52. The molecule has 9 heteroatoms. The topological polar surface area (TPSA) is 105 Å². The van der Waals surface area contributed by atoms with Gasteiger partial charge in [0.1, 0.15) is 0 Å². The number of benzene rings is 2. The highest BCUT2D eigenvalue weighted by molar-refractivity contribution is 7.80. The smallest absolute Gasteiger partial charge is 0.336 e. The van der Waals surface area contributed by atoms with Crippen LogP contribution in [-0.2, 0) is 9.53 Å². The molecule has 1 heterocycles. The number of carbonyl (C=O) groups is 1. The number of halogens is 1. The minimum Gasteiger partial charge on any atom is -0.463 e. The summed E-state index contributed by atoms with van der Waals surface area (Å²) in [5, 5.41) is 24.9. The number of nitriles is 1. The monoisotopic (exact) mass is 471 g/mol. The van der Waals surface area contributed by atoms with Crippen LogP contribution in [-0.4, -0.2) is 23.0 Å². The van der Waals surface area contributed by atoms with Gasteiger partial charge in [0, 0.05) is 29.3 Å². The maximum atomic E-state index is 12.7. The number of rotatable bonds is 6. The summed E-state index contributed by atoms with van der Waals surface area (Å²) in [6, 6.07) is 15.4. The summed E-state index contributed by atoms with van der Waals surface area (Å²) in [5.41, 5.74) is 0.501. The molecule has 0 fully saturated rings. The molecule has 1 N–H and O–H groups in total. The summed E-state index contributed by atoms with van der Waals surface area (Å²) in [6.45, 7) is 3.69. The number of esters is 1. The quantitative estimate of drug-likeness (QED) is 0.267. The van der Waals surface area contributed by atoms with Crippen molar-refractivity contribution in [2.24, 2.45) is 5.92 Å². The second-order valence-corrected chi connectivity index (χ2v) is 8.59. The molecule has 0 aliphatic carbocycles. The highest BCUT2D eigenvalue weighted by atomic mass is 35.5. The van der Waals surface area contributed by atoms with Gasteiger partial charge in [-0.05, 0) is 37.1 Å². The van der Waals surface area contributed by atoms with Crippen LogP contribution in [0.1, 0.15) is 36.1 Å². The highest BCUT2D eigenvalue weighted by Gasteiger charge is 2.50. The van der Waals surface area contributed by atoms with E-state index in [4.69, 9.17) is 29.0 Å². The number of ether oxygens (including phenoxy) is 1. The number of nitro groups is 1. The van der Waals surface area contributed by atoms with E-state index in [0.717, 1.165) is 5.56 Å². The van der Waals surface area contributed by atoms with Gasteiger partial charge in [-0.3, -0.25) is 10.1 Å². The molecule has 2 aromatic carbocycles. The molecule has 4 unspecified atom stereocenters. The minimum atomic E-state index is -0.920. The van der Waals surface area contributed by atoms with Crippen molar-refractivity contribution in [3.63, 3.8) is 0 Å². The number of carbonyl (C=O) groups excluding carboxylic acids is 1. The molecule has 0 spiro atoms. The summed E-state index contributed by atoms with van der Waals surface area (Å²) in [6.07, 6.45) is 1.54. The predicted octanol–water partition coefficient (Wildman–Crippen LogP) is 4.95. The first-order valence-electron chi connectivity index (χ1n) is 9.95. The second kappa shape index (κ2) is 9.63. The molecule has 7 nitrogen and oxygen atoms in total. The van der Waals surface area contributed by atoms with Gasteiger partial charge in [-0.25, -0.2) is 4.79 Å². The first-order chi connectivity index (χ1) is 15.2. The molecule has 166 valence electrons. The van der Waals surface area contributed by atoms with E-state index in [-0.39, 0.29) is 17.9 Å². The largest absolute Gasteiger partial charge is 0.463 e. The molecule has 0 amide bonds. The zero-order valence-electron chi connectivity index (χ0n) is 17.5.